The summed E-state index contributed by atoms with van der Waals surface area (Å²) in [7, 11) is 0. The highest BCUT2D eigenvalue weighted by Crippen LogP contribution is 2.24. The van der Waals surface area contributed by atoms with Crippen molar-refractivity contribution in [1.29, 1.82) is 0 Å². The summed E-state index contributed by atoms with van der Waals surface area (Å²) in [6.07, 6.45) is 5.18. The first-order valence-corrected chi connectivity index (χ1v) is 10.9. The van der Waals surface area contributed by atoms with Gasteiger partial charge in [-0.2, -0.15) is 0 Å². The summed E-state index contributed by atoms with van der Waals surface area (Å²) in [5, 5.41) is 3.17. The smallest absolute Gasteiger partial charge is 0.251 e. The molecule has 1 aliphatic rings. The van der Waals surface area contributed by atoms with Crippen LogP contribution in [0.1, 0.15) is 67.1 Å². The molecule has 0 saturated carbocycles. The molecule has 0 radical (unpaired) electrons. The van der Waals surface area contributed by atoms with Crippen LogP contribution in [0.25, 0.3) is 0 Å². The third-order valence-corrected chi connectivity index (χ3v) is 5.49. The first-order valence-electron chi connectivity index (χ1n) is 10.9. The van der Waals surface area contributed by atoms with Crippen LogP contribution in [0.2, 0.25) is 0 Å². The molecule has 1 aliphatic heterocycles. The van der Waals surface area contributed by atoms with Crippen LogP contribution in [0.4, 0.5) is 0 Å². The van der Waals surface area contributed by atoms with Crippen molar-refractivity contribution in [3.8, 4) is 5.75 Å². The molecule has 0 bridgehead atoms. The number of hydrogen-bond donors (Lipinski definition) is 1. The summed E-state index contributed by atoms with van der Waals surface area (Å²) in [5.41, 5.74) is 3.20. The van der Waals surface area contributed by atoms with Gasteiger partial charge in [-0.1, -0.05) is 42.7 Å². The first-order chi connectivity index (χ1) is 14.0. The molecular weight excluding hydrogens is 360 g/mol. The van der Waals surface area contributed by atoms with Gasteiger partial charge in [-0.15, -0.1) is 0 Å². The highest BCUT2D eigenvalue weighted by molar-refractivity contribution is 5.94. The monoisotopic (exact) mass is 394 g/mol. The second-order valence-corrected chi connectivity index (χ2v) is 8.28. The number of aryl methyl sites for hydroxylation is 1. The van der Waals surface area contributed by atoms with Crippen LogP contribution >= 0.6 is 0 Å². The topological polar surface area (TPSA) is 41.6 Å². The van der Waals surface area contributed by atoms with Crippen LogP contribution in [0.15, 0.2) is 48.5 Å². The maximum Gasteiger partial charge on any atom is 0.251 e. The molecule has 4 heteroatoms. The Morgan fingerprint density at radius 1 is 0.966 bits per heavy atom. The van der Waals surface area contributed by atoms with Gasteiger partial charge in [0.1, 0.15) is 5.75 Å². The van der Waals surface area contributed by atoms with Crippen molar-refractivity contribution < 1.29 is 9.53 Å². The van der Waals surface area contributed by atoms with Gasteiger partial charge < -0.3 is 10.1 Å². The van der Waals surface area contributed by atoms with E-state index >= 15 is 0 Å². The number of hydrogen-bond acceptors (Lipinski definition) is 3. The van der Waals surface area contributed by atoms with E-state index < -0.39 is 0 Å². The summed E-state index contributed by atoms with van der Waals surface area (Å²) in [6, 6.07) is 16.3. The second-order valence-electron chi connectivity index (χ2n) is 8.28. The summed E-state index contributed by atoms with van der Waals surface area (Å²) < 4.78 is 5.67. The standard InChI is InChI=1S/C25H34N2O2/c1-19(2)29-23-14-12-22(13-15-23)25(28)26-18-24(21-10-8-20(3)9-11-21)27-16-6-4-5-7-17-27/h8-15,19,24H,4-7,16-18H2,1-3H3,(H,26,28)/t24-/m1/s1. The number of rotatable bonds is 7. The van der Waals surface area contributed by atoms with Gasteiger partial charge >= 0.3 is 0 Å². The van der Waals surface area contributed by atoms with E-state index in [1.165, 1.54) is 36.8 Å². The van der Waals surface area contributed by atoms with Gasteiger partial charge in [0.05, 0.1) is 12.1 Å². The third-order valence-electron chi connectivity index (χ3n) is 5.49. The average molecular weight is 395 g/mol. The average Bonchev–Trinajstić information content (AvgIpc) is 2.99. The maximum absolute atomic E-state index is 12.7. The molecule has 1 amide bonds. The fraction of sp³-hybridized carbons (Fsp3) is 0.480. The molecule has 0 spiro atoms. The zero-order chi connectivity index (χ0) is 20.6. The van der Waals surface area contributed by atoms with Crippen molar-refractivity contribution in [2.75, 3.05) is 19.6 Å². The number of carbonyl (C=O) groups excluding carboxylic acids is 1. The lowest BCUT2D eigenvalue weighted by atomic mass is 10.0. The Bertz CT molecular complexity index is 760. The number of ether oxygens (including phenoxy) is 1. The summed E-state index contributed by atoms with van der Waals surface area (Å²) in [6.45, 7) is 8.90. The fourth-order valence-electron chi connectivity index (χ4n) is 3.90. The molecule has 1 fully saturated rings. The number of carbonyl (C=O) groups is 1. The van der Waals surface area contributed by atoms with Crippen molar-refractivity contribution in [2.45, 2.75) is 58.6 Å². The SMILES string of the molecule is Cc1ccc([C@@H](CNC(=O)c2ccc(OC(C)C)cc2)N2CCCCCC2)cc1. The molecule has 0 aromatic heterocycles. The zero-order valence-electron chi connectivity index (χ0n) is 18.0. The Labute approximate surface area is 175 Å². The molecule has 3 rings (SSSR count). The van der Waals surface area contributed by atoms with Crippen LogP contribution in [0.5, 0.6) is 5.75 Å². The van der Waals surface area contributed by atoms with Crippen molar-refractivity contribution in [3.63, 3.8) is 0 Å². The van der Waals surface area contributed by atoms with E-state index in [9.17, 15) is 4.79 Å². The second kappa shape index (κ2) is 10.4. The van der Waals surface area contributed by atoms with E-state index in [0.29, 0.717) is 12.1 Å². The molecule has 4 nitrogen and oxygen atoms in total. The summed E-state index contributed by atoms with van der Waals surface area (Å²) in [5.74, 6) is 0.756. The predicted molar refractivity (Wildman–Crippen MR) is 119 cm³/mol. The van der Waals surface area contributed by atoms with Gasteiger partial charge in [0.15, 0.2) is 0 Å². The Morgan fingerprint density at radius 3 is 2.17 bits per heavy atom. The molecule has 1 saturated heterocycles. The van der Waals surface area contributed by atoms with Crippen molar-refractivity contribution in [3.05, 3.63) is 65.2 Å². The normalized spacial score (nSPS) is 16.3. The van der Waals surface area contributed by atoms with Gasteiger partial charge in [0.25, 0.3) is 5.91 Å². The number of likely N-dealkylation sites (tertiary alicyclic amines) is 1. The highest BCUT2D eigenvalue weighted by atomic mass is 16.5. The van der Waals surface area contributed by atoms with Crippen LogP contribution in [0, 0.1) is 6.92 Å². The van der Waals surface area contributed by atoms with Crippen molar-refractivity contribution in [2.24, 2.45) is 0 Å². The van der Waals surface area contributed by atoms with Crippen molar-refractivity contribution in [1.82, 2.24) is 10.2 Å². The lowest BCUT2D eigenvalue weighted by Crippen LogP contribution is -2.38. The van der Waals surface area contributed by atoms with E-state index in [2.05, 4.69) is 41.4 Å². The van der Waals surface area contributed by atoms with Gasteiger partial charge in [0, 0.05) is 12.1 Å². The minimum Gasteiger partial charge on any atom is -0.491 e. The quantitative estimate of drug-likeness (QED) is 0.708. The van der Waals surface area contributed by atoms with Crippen LogP contribution in [0.3, 0.4) is 0 Å². The molecule has 1 N–H and O–H groups in total. The van der Waals surface area contributed by atoms with Gasteiger partial charge in [-0.3, -0.25) is 9.69 Å². The lowest BCUT2D eigenvalue weighted by molar-refractivity contribution is 0.0933. The number of benzene rings is 2. The minimum atomic E-state index is -0.0342. The van der Waals surface area contributed by atoms with Gasteiger partial charge in [-0.25, -0.2) is 0 Å². The van der Waals surface area contributed by atoms with Crippen molar-refractivity contribution >= 4 is 5.91 Å². The molecule has 156 valence electrons. The van der Waals surface area contributed by atoms with Crippen LogP contribution < -0.4 is 10.1 Å². The molecule has 2 aromatic rings. The Kier molecular flexibility index (Phi) is 7.70. The number of nitrogens with one attached hydrogen (secondary N) is 1. The predicted octanol–water partition coefficient (Wildman–Crippen LogP) is 5.13. The molecule has 0 unspecified atom stereocenters. The lowest BCUT2D eigenvalue weighted by Gasteiger charge is -2.31. The number of nitrogens with zero attached hydrogens (tertiary/aromatic N) is 1. The summed E-state index contributed by atoms with van der Waals surface area (Å²) in [4.78, 5) is 15.3. The largest absolute Gasteiger partial charge is 0.491 e. The molecule has 0 aliphatic carbocycles. The van der Waals surface area contributed by atoms with E-state index in [0.717, 1.165) is 18.8 Å². The first kappa shape index (κ1) is 21.4. The third kappa shape index (κ3) is 6.33. The molecule has 1 atom stereocenters. The van der Waals surface area contributed by atoms with E-state index in [1.54, 1.807) is 0 Å². The molecule has 1 heterocycles. The Hall–Kier alpha value is -2.33. The van der Waals surface area contributed by atoms with E-state index in [4.69, 9.17) is 4.74 Å². The van der Waals surface area contributed by atoms with E-state index in [1.807, 2.05) is 38.1 Å². The van der Waals surface area contributed by atoms with Gasteiger partial charge in [0.2, 0.25) is 0 Å². The Balaban J connectivity index is 1.68. The van der Waals surface area contributed by atoms with Gasteiger partial charge in [-0.05, 0) is 76.5 Å². The Morgan fingerprint density at radius 2 is 1.59 bits per heavy atom. The minimum absolute atomic E-state index is 0.0342. The van der Waals surface area contributed by atoms with Crippen LogP contribution in [-0.2, 0) is 0 Å². The molecule has 2 aromatic carbocycles. The van der Waals surface area contributed by atoms with E-state index in [-0.39, 0.29) is 18.1 Å². The molecule has 29 heavy (non-hydrogen) atoms. The molecular formula is C25H34N2O2. The maximum atomic E-state index is 12.7. The highest BCUT2D eigenvalue weighted by Gasteiger charge is 2.22. The fourth-order valence-corrected chi connectivity index (χ4v) is 3.90. The van der Waals surface area contributed by atoms with Crippen LogP contribution in [-0.4, -0.2) is 36.5 Å². The summed E-state index contributed by atoms with van der Waals surface area (Å²) >= 11 is 0. The zero-order valence-corrected chi connectivity index (χ0v) is 18.0. The number of amides is 1.